The van der Waals surface area contributed by atoms with Gasteiger partial charge in [0.1, 0.15) is 0 Å². The van der Waals surface area contributed by atoms with Gasteiger partial charge in [0, 0.05) is 5.02 Å². The van der Waals surface area contributed by atoms with Crippen LogP contribution in [0.5, 0.6) is 0 Å². The highest BCUT2D eigenvalue weighted by Crippen LogP contribution is 2.60. The highest BCUT2D eigenvalue weighted by atomic mass is 35.5. The van der Waals surface area contributed by atoms with Crippen molar-refractivity contribution >= 4 is 17.6 Å². The second-order valence-corrected chi connectivity index (χ2v) is 5.48. The van der Waals surface area contributed by atoms with Gasteiger partial charge >= 0.3 is 5.97 Å². The van der Waals surface area contributed by atoms with E-state index >= 15 is 0 Å². The first-order chi connectivity index (χ1) is 7.61. The fourth-order valence-electron chi connectivity index (χ4n) is 3.02. The molecular formula is C13H13ClO2. The predicted octanol–water partition coefficient (Wildman–Crippen LogP) is 2.92. The number of carboxylic acids is 1. The van der Waals surface area contributed by atoms with E-state index in [9.17, 15) is 4.79 Å². The number of aryl methyl sites for hydroxylation is 1. The molecule has 84 valence electrons. The van der Waals surface area contributed by atoms with Crippen molar-refractivity contribution in [2.24, 2.45) is 11.3 Å². The summed E-state index contributed by atoms with van der Waals surface area (Å²) in [5.41, 5.74) is 2.64. The lowest BCUT2D eigenvalue weighted by Crippen LogP contribution is -2.20. The predicted molar refractivity (Wildman–Crippen MR) is 61.7 cm³/mol. The zero-order chi connectivity index (χ0) is 11.3. The summed E-state index contributed by atoms with van der Waals surface area (Å²) in [4.78, 5) is 11.0. The summed E-state index contributed by atoms with van der Waals surface area (Å²) in [5, 5.41) is 9.80. The van der Waals surface area contributed by atoms with Crippen molar-refractivity contribution in [1.82, 2.24) is 0 Å². The van der Waals surface area contributed by atoms with Crippen LogP contribution in [0.1, 0.15) is 24.0 Å². The molecule has 1 saturated carbocycles. The number of carbonyl (C=O) groups is 1. The maximum Gasteiger partial charge on any atom is 0.307 e. The van der Waals surface area contributed by atoms with Crippen molar-refractivity contribution in [2.75, 3.05) is 0 Å². The smallest absolute Gasteiger partial charge is 0.307 e. The van der Waals surface area contributed by atoms with Crippen LogP contribution in [0.2, 0.25) is 5.02 Å². The number of carboxylic acid groups (broad SMARTS) is 1. The van der Waals surface area contributed by atoms with Gasteiger partial charge < -0.3 is 5.11 Å². The topological polar surface area (TPSA) is 37.3 Å². The van der Waals surface area contributed by atoms with Crippen molar-refractivity contribution in [3.05, 3.63) is 34.3 Å². The molecule has 3 heteroatoms. The van der Waals surface area contributed by atoms with Crippen LogP contribution in [0.3, 0.4) is 0 Å². The summed E-state index contributed by atoms with van der Waals surface area (Å²) < 4.78 is 0. The van der Waals surface area contributed by atoms with Crippen molar-refractivity contribution < 1.29 is 9.90 Å². The van der Waals surface area contributed by atoms with Gasteiger partial charge in [-0.15, -0.1) is 0 Å². The second-order valence-electron chi connectivity index (χ2n) is 5.05. The lowest BCUT2D eigenvalue weighted by Gasteiger charge is -2.25. The molecular weight excluding hydrogens is 224 g/mol. The molecule has 0 aromatic heterocycles. The van der Waals surface area contributed by atoms with E-state index in [-0.39, 0.29) is 11.3 Å². The van der Waals surface area contributed by atoms with Crippen LogP contribution in [-0.2, 0) is 17.6 Å². The van der Waals surface area contributed by atoms with Crippen LogP contribution in [0.25, 0.3) is 0 Å². The molecule has 1 aromatic rings. The molecule has 2 aliphatic rings. The second kappa shape index (κ2) is 3.24. The van der Waals surface area contributed by atoms with E-state index in [1.807, 2.05) is 12.1 Å². The van der Waals surface area contributed by atoms with E-state index < -0.39 is 5.97 Å². The van der Waals surface area contributed by atoms with E-state index in [4.69, 9.17) is 16.7 Å². The Morgan fingerprint density at radius 1 is 1.44 bits per heavy atom. The number of benzene rings is 1. The molecule has 2 aliphatic carbocycles. The maximum atomic E-state index is 11.0. The lowest BCUT2D eigenvalue weighted by molar-refractivity contribution is -0.139. The average Bonchev–Trinajstić information content (AvgIpc) is 2.92. The van der Waals surface area contributed by atoms with E-state index in [1.54, 1.807) is 0 Å². The van der Waals surface area contributed by atoms with Gasteiger partial charge in [-0.3, -0.25) is 4.79 Å². The van der Waals surface area contributed by atoms with Gasteiger partial charge in [-0.05, 0) is 54.4 Å². The number of halogens is 1. The Morgan fingerprint density at radius 3 is 2.94 bits per heavy atom. The molecule has 0 aliphatic heterocycles. The Balaban J connectivity index is 1.90. The summed E-state index contributed by atoms with van der Waals surface area (Å²) in [5.74, 6) is -0.759. The fraction of sp³-hybridized carbons (Fsp3) is 0.462. The highest BCUT2D eigenvalue weighted by molar-refractivity contribution is 6.30. The standard InChI is InChI=1S/C13H13ClO2/c14-10-2-1-8-3-4-13(6-9(8)5-10)7-11(13)12(15)16/h1-2,5,11H,3-4,6-7H2,(H,15,16). The van der Waals surface area contributed by atoms with Crippen LogP contribution < -0.4 is 0 Å². The van der Waals surface area contributed by atoms with Crippen LogP contribution in [0, 0.1) is 11.3 Å². The maximum absolute atomic E-state index is 11.0. The molecule has 2 unspecified atom stereocenters. The number of rotatable bonds is 1. The largest absolute Gasteiger partial charge is 0.481 e. The van der Waals surface area contributed by atoms with Crippen molar-refractivity contribution in [3.8, 4) is 0 Å². The minimum absolute atomic E-state index is 0.0452. The first kappa shape index (κ1) is 10.2. The first-order valence-electron chi connectivity index (χ1n) is 5.61. The average molecular weight is 237 g/mol. The third-order valence-electron chi connectivity index (χ3n) is 4.09. The molecule has 0 radical (unpaired) electrons. The molecule has 0 saturated heterocycles. The number of hydrogen-bond acceptors (Lipinski definition) is 1. The summed E-state index contributed by atoms with van der Waals surface area (Å²) in [6, 6.07) is 5.98. The zero-order valence-electron chi connectivity index (χ0n) is 8.87. The minimum Gasteiger partial charge on any atom is -0.481 e. The van der Waals surface area contributed by atoms with Crippen molar-refractivity contribution in [2.45, 2.75) is 25.7 Å². The fourth-order valence-corrected chi connectivity index (χ4v) is 3.22. The van der Waals surface area contributed by atoms with Crippen LogP contribution in [-0.4, -0.2) is 11.1 Å². The molecule has 1 aromatic carbocycles. The summed E-state index contributed by atoms with van der Waals surface area (Å²) >= 11 is 5.97. The van der Waals surface area contributed by atoms with Gasteiger partial charge in [0.2, 0.25) is 0 Å². The van der Waals surface area contributed by atoms with Crippen LogP contribution in [0.15, 0.2) is 18.2 Å². The minimum atomic E-state index is -0.634. The van der Waals surface area contributed by atoms with Gasteiger partial charge in [0.25, 0.3) is 0 Å². The molecule has 2 atom stereocenters. The summed E-state index contributed by atoms with van der Waals surface area (Å²) in [6.07, 6.45) is 3.74. The van der Waals surface area contributed by atoms with E-state index in [2.05, 4.69) is 6.07 Å². The van der Waals surface area contributed by atoms with Gasteiger partial charge in [-0.1, -0.05) is 17.7 Å². The third kappa shape index (κ3) is 1.44. The Hall–Kier alpha value is -1.02. The zero-order valence-corrected chi connectivity index (χ0v) is 9.63. The summed E-state index contributed by atoms with van der Waals surface area (Å²) in [6.45, 7) is 0. The monoisotopic (exact) mass is 236 g/mol. The number of fused-ring (bicyclic) bond motifs is 1. The molecule has 0 heterocycles. The van der Waals surface area contributed by atoms with Crippen molar-refractivity contribution in [1.29, 1.82) is 0 Å². The highest BCUT2D eigenvalue weighted by Gasteiger charge is 2.58. The molecule has 3 rings (SSSR count). The van der Waals surface area contributed by atoms with E-state index in [0.29, 0.717) is 0 Å². The Kier molecular flexibility index (Phi) is 2.05. The molecule has 1 N–H and O–H groups in total. The molecule has 1 fully saturated rings. The molecule has 0 bridgehead atoms. The SMILES string of the molecule is O=C(O)C1CC12CCc1ccc(Cl)cc1C2. The number of hydrogen-bond donors (Lipinski definition) is 1. The molecule has 1 spiro atoms. The van der Waals surface area contributed by atoms with Crippen LogP contribution in [0.4, 0.5) is 0 Å². The van der Waals surface area contributed by atoms with Gasteiger partial charge in [0.15, 0.2) is 0 Å². The molecule has 16 heavy (non-hydrogen) atoms. The van der Waals surface area contributed by atoms with Gasteiger partial charge in [0.05, 0.1) is 5.92 Å². The van der Waals surface area contributed by atoms with Gasteiger partial charge in [-0.25, -0.2) is 0 Å². The quantitative estimate of drug-likeness (QED) is 0.814. The van der Waals surface area contributed by atoms with E-state index in [0.717, 1.165) is 30.7 Å². The summed E-state index contributed by atoms with van der Waals surface area (Å²) in [7, 11) is 0. The first-order valence-corrected chi connectivity index (χ1v) is 5.99. The third-order valence-corrected chi connectivity index (χ3v) is 4.33. The Bertz CT molecular complexity index is 469. The Morgan fingerprint density at radius 2 is 2.25 bits per heavy atom. The lowest BCUT2D eigenvalue weighted by atomic mass is 9.80. The normalized spacial score (nSPS) is 31.2. The van der Waals surface area contributed by atoms with E-state index in [1.165, 1.54) is 11.1 Å². The number of aliphatic carboxylic acids is 1. The van der Waals surface area contributed by atoms with Crippen molar-refractivity contribution in [3.63, 3.8) is 0 Å². The molecule has 0 amide bonds. The van der Waals surface area contributed by atoms with Crippen LogP contribution >= 0.6 is 11.6 Å². The van der Waals surface area contributed by atoms with Gasteiger partial charge in [-0.2, -0.15) is 0 Å². The Labute approximate surface area is 99.2 Å². The molecule has 2 nitrogen and oxygen atoms in total.